The maximum Gasteiger partial charge on any atom is 0.215 e. The van der Waals surface area contributed by atoms with Crippen molar-refractivity contribution in [2.45, 2.75) is 25.4 Å². The van der Waals surface area contributed by atoms with Gasteiger partial charge in [0.25, 0.3) is 0 Å². The number of hydrogen-bond acceptors (Lipinski definition) is 4. The standard InChI is InChI=1S/C13H19N3O/c1-2-9-16(8-1)12-4-3-5-13(15-12)17-11-6-7-14-10-11/h3-5,11,14H,1-2,6-10H2. The second-order valence-electron chi connectivity index (χ2n) is 4.76. The van der Waals surface area contributed by atoms with Gasteiger partial charge < -0.3 is 15.0 Å². The van der Waals surface area contributed by atoms with Gasteiger partial charge in [-0.2, -0.15) is 4.98 Å². The van der Waals surface area contributed by atoms with Crippen molar-refractivity contribution in [2.24, 2.45) is 0 Å². The predicted octanol–water partition coefficient (Wildman–Crippen LogP) is 1.42. The summed E-state index contributed by atoms with van der Waals surface area (Å²) < 4.78 is 5.88. The van der Waals surface area contributed by atoms with E-state index in [2.05, 4.69) is 21.3 Å². The summed E-state index contributed by atoms with van der Waals surface area (Å²) in [6.45, 7) is 4.25. The molecule has 17 heavy (non-hydrogen) atoms. The molecule has 3 rings (SSSR count). The van der Waals surface area contributed by atoms with Crippen LogP contribution in [0.5, 0.6) is 5.88 Å². The molecule has 1 aromatic rings. The van der Waals surface area contributed by atoms with E-state index in [0.29, 0.717) is 0 Å². The SMILES string of the molecule is c1cc(OC2CCNC2)nc(N2CCCC2)c1. The van der Waals surface area contributed by atoms with Crippen LogP contribution in [0.3, 0.4) is 0 Å². The third-order valence-electron chi connectivity index (χ3n) is 3.44. The van der Waals surface area contributed by atoms with E-state index in [-0.39, 0.29) is 6.10 Å². The smallest absolute Gasteiger partial charge is 0.215 e. The molecular weight excluding hydrogens is 214 g/mol. The molecule has 2 aliphatic heterocycles. The first-order valence-corrected chi connectivity index (χ1v) is 6.51. The van der Waals surface area contributed by atoms with Crippen molar-refractivity contribution in [1.82, 2.24) is 10.3 Å². The summed E-state index contributed by atoms with van der Waals surface area (Å²) in [5.41, 5.74) is 0. The average molecular weight is 233 g/mol. The summed E-state index contributed by atoms with van der Waals surface area (Å²) in [5.74, 6) is 1.83. The van der Waals surface area contributed by atoms with Crippen LogP contribution in [-0.4, -0.2) is 37.3 Å². The lowest BCUT2D eigenvalue weighted by Crippen LogP contribution is -2.22. The van der Waals surface area contributed by atoms with Crippen LogP contribution < -0.4 is 15.0 Å². The first-order valence-electron chi connectivity index (χ1n) is 6.51. The van der Waals surface area contributed by atoms with Gasteiger partial charge in [-0.05, 0) is 31.9 Å². The van der Waals surface area contributed by atoms with Gasteiger partial charge in [0.1, 0.15) is 11.9 Å². The quantitative estimate of drug-likeness (QED) is 0.857. The monoisotopic (exact) mass is 233 g/mol. The fourth-order valence-corrected chi connectivity index (χ4v) is 2.49. The second kappa shape index (κ2) is 4.92. The van der Waals surface area contributed by atoms with E-state index in [1.165, 1.54) is 12.8 Å². The van der Waals surface area contributed by atoms with Crippen molar-refractivity contribution >= 4 is 5.82 Å². The second-order valence-corrected chi connectivity index (χ2v) is 4.76. The van der Waals surface area contributed by atoms with Crippen LogP contribution in [0.1, 0.15) is 19.3 Å². The van der Waals surface area contributed by atoms with E-state index in [1.54, 1.807) is 0 Å². The Bertz CT molecular complexity index is 371. The van der Waals surface area contributed by atoms with Gasteiger partial charge in [0.05, 0.1) is 0 Å². The largest absolute Gasteiger partial charge is 0.473 e. The van der Waals surface area contributed by atoms with Gasteiger partial charge >= 0.3 is 0 Å². The van der Waals surface area contributed by atoms with Crippen LogP contribution in [0.2, 0.25) is 0 Å². The van der Waals surface area contributed by atoms with Crippen molar-refractivity contribution in [3.63, 3.8) is 0 Å². The minimum absolute atomic E-state index is 0.288. The molecule has 0 aliphatic carbocycles. The molecule has 0 spiro atoms. The molecule has 0 radical (unpaired) electrons. The first kappa shape index (κ1) is 10.8. The maximum atomic E-state index is 5.88. The lowest BCUT2D eigenvalue weighted by molar-refractivity contribution is 0.214. The Morgan fingerprint density at radius 2 is 2.18 bits per heavy atom. The fraction of sp³-hybridized carbons (Fsp3) is 0.615. The van der Waals surface area contributed by atoms with Gasteiger partial charge in [-0.3, -0.25) is 0 Å². The number of aromatic nitrogens is 1. The molecule has 2 saturated heterocycles. The van der Waals surface area contributed by atoms with E-state index in [9.17, 15) is 0 Å². The van der Waals surface area contributed by atoms with E-state index in [4.69, 9.17) is 4.74 Å². The molecule has 2 fully saturated rings. The molecule has 0 bridgehead atoms. The molecule has 0 aromatic carbocycles. The Morgan fingerprint density at radius 1 is 1.29 bits per heavy atom. The normalized spacial score (nSPS) is 24.2. The first-order chi connectivity index (χ1) is 8.42. The van der Waals surface area contributed by atoms with Crippen LogP contribution in [0.4, 0.5) is 5.82 Å². The molecule has 2 aliphatic rings. The molecule has 0 amide bonds. The van der Waals surface area contributed by atoms with Gasteiger partial charge in [-0.25, -0.2) is 0 Å². The molecule has 3 heterocycles. The number of nitrogens with zero attached hydrogens (tertiary/aromatic N) is 2. The Kier molecular flexibility index (Phi) is 3.14. The van der Waals surface area contributed by atoms with E-state index in [0.717, 1.165) is 44.3 Å². The van der Waals surface area contributed by atoms with Crippen molar-refractivity contribution in [3.8, 4) is 5.88 Å². The summed E-state index contributed by atoms with van der Waals surface area (Å²) in [4.78, 5) is 6.93. The number of pyridine rings is 1. The molecule has 1 N–H and O–H groups in total. The Morgan fingerprint density at radius 3 is 2.94 bits per heavy atom. The van der Waals surface area contributed by atoms with Crippen LogP contribution in [0, 0.1) is 0 Å². The van der Waals surface area contributed by atoms with E-state index >= 15 is 0 Å². The number of anilines is 1. The Balaban J connectivity index is 1.69. The highest BCUT2D eigenvalue weighted by atomic mass is 16.5. The summed E-state index contributed by atoms with van der Waals surface area (Å²) in [6.07, 6.45) is 3.92. The third kappa shape index (κ3) is 2.52. The fourth-order valence-electron chi connectivity index (χ4n) is 2.49. The molecule has 0 saturated carbocycles. The molecule has 1 aromatic heterocycles. The zero-order valence-electron chi connectivity index (χ0n) is 10.1. The summed E-state index contributed by atoms with van der Waals surface area (Å²) >= 11 is 0. The molecule has 1 atom stereocenters. The summed E-state index contributed by atoms with van der Waals surface area (Å²) in [6, 6.07) is 6.07. The number of rotatable bonds is 3. The van der Waals surface area contributed by atoms with Crippen molar-refractivity contribution < 1.29 is 4.74 Å². The molecular formula is C13H19N3O. The number of hydrogen-bond donors (Lipinski definition) is 1. The van der Waals surface area contributed by atoms with Crippen molar-refractivity contribution in [3.05, 3.63) is 18.2 Å². The van der Waals surface area contributed by atoms with Crippen LogP contribution in [-0.2, 0) is 0 Å². The highest BCUT2D eigenvalue weighted by molar-refractivity contribution is 5.41. The van der Waals surface area contributed by atoms with Crippen molar-refractivity contribution in [2.75, 3.05) is 31.1 Å². The van der Waals surface area contributed by atoms with E-state index in [1.807, 2.05) is 12.1 Å². The molecule has 4 nitrogen and oxygen atoms in total. The van der Waals surface area contributed by atoms with Gasteiger partial charge in [0.2, 0.25) is 5.88 Å². The van der Waals surface area contributed by atoms with Gasteiger partial charge in [-0.15, -0.1) is 0 Å². The van der Waals surface area contributed by atoms with Crippen molar-refractivity contribution in [1.29, 1.82) is 0 Å². The Hall–Kier alpha value is -1.29. The van der Waals surface area contributed by atoms with E-state index < -0.39 is 0 Å². The number of nitrogens with one attached hydrogen (secondary N) is 1. The molecule has 4 heteroatoms. The van der Waals surface area contributed by atoms with Gasteiger partial charge in [-0.1, -0.05) is 6.07 Å². The lowest BCUT2D eigenvalue weighted by Gasteiger charge is -2.18. The Labute approximate surface area is 102 Å². The predicted molar refractivity (Wildman–Crippen MR) is 67.6 cm³/mol. The minimum Gasteiger partial charge on any atom is -0.473 e. The number of ether oxygens (including phenoxy) is 1. The average Bonchev–Trinajstić information content (AvgIpc) is 3.01. The zero-order valence-corrected chi connectivity index (χ0v) is 10.1. The minimum atomic E-state index is 0.288. The topological polar surface area (TPSA) is 37.4 Å². The van der Waals surface area contributed by atoms with Crippen LogP contribution >= 0.6 is 0 Å². The maximum absolute atomic E-state index is 5.88. The summed E-state index contributed by atoms with van der Waals surface area (Å²) in [7, 11) is 0. The molecule has 92 valence electrons. The summed E-state index contributed by atoms with van der Waals surface area (Å²) in [5, 5.41) is 3.30. The van der Waals surface area contributed by atoms with Gasteiger partial charge in [0.15, 0.2) is 0 Å². The van der Waals surface area contributed by atoms with Crippen LogP contribution in [0.15, 0.2) is 18.2 Å². The highest BCUT2D eigenvalue weighted by Crippen LogP contribution is 2.21. The lowest BCUT2D eigenvalue weighted by atomic mass is 10.3. The van der Waals surface area contributed by atoms with Crippen LogP contribution in [0.25, 0.3) is 0 Å². The zero-order chi connectivity index (χ0) is 11.5. The highest BCUT2D eigenvalue weighted by Gasteiger charge is 2.18. The van der Waals surface area contributed by atoms with Gasteiger partial charge in [0, 0.05) is 25.7 Å². The molecule has 1 unspecified atom stereocenters. The third-order valence-corrected chi connectivity index (χ3v) is 3.44.